The Morgan fingerprint density at radius 2 is 1.82 bits per heavy atom. The molecule has 0 bridgehead atoms. The summed E-state index contributed by atoms with van der Waals surface area (Å²) in [7, 11) is 1.82. The van der Waals surface area contributed by atoms with Gasteiger partial charge in [0.25, 0.3) is 0 Å². The van der Waals surface area contributed by atoms with Gasteiger partial charge in [-0.2, -0.15) is 0 Å². The predicted octanol–water partition coefficient (Wildman–Crippen LogP) is 1.51. The summed E-state index contributed by atoms with van der Waals surface area (Å²) in [5.74, 6) is 0. The lowest BCUT2D eigenvalue weighted by molar-refractivity contribution is 0.0321. The zero-order chi connectivity index (χ0) is 8.27. The molecule has 11 heavy (non-hydrogen) atoms. The van der Waals surface area contributed by atoms with E-state index in [9.17, 15) is 0 Å². The van der Waals surface area contributed by atoms with Crippen molar-refractivity contribution in [1.82, 2.24) is 4.90 Å². The van der Waals surface area contributed by atoms with Crippen LogP contribution in [0.15, 0.2) is 0 Å². The van der Waals surface area contributed by atoms with Gasteiger partial charge in [-0.3, -0.25) is 0 Å². The summed E-state index contributed by atoms with van der Waals surface area (Å²) >= 11 is 0. The molecule has 0 spiro atoms. The van der Waals surface area contributed by atoms with Gasteiger partial charge in [-0.1, -0.05) is 0 Å². The molecule has 0 aromatic carbocycles. The number of hydrogen-bond donors (Lipinski definition) is 0. The van der Waals surface area contributed by atoms with E-state index in [4.69, 9.17) is 4.74 Å². The fourth-order valence-electron chi connectivity index (χ4n) is 1.63. The van der Waals surface area contributed by atoms with Crippen LogP contribution in [-0.2, 0) is 4.74 Å². The second-order valence-corrected chi connectivity index (χ2v) is 3.56. The van der Waals surface area contributed by atoms with Crippen molar-refractivity contribution in [3.05, 3.63) is 0 Å². The average Bonchev–Trinajstić information content (AvgIpc) is 2.05. The van der Waals surface area contributed by atoms with E-state index < -0.39 is 0 Å². The molecule has 1 aliphatic heterocycles. The lowest BCUT2D eigenvalue weighted by Gasteiger charge is -2.33. The minimum Gasteiger partial charge on any atom is -0.381 e. The van der Waals surface area contributed by atoms with E-state index in [0.717, 1.165) is 0 Å². The standard InChI is InChI=1S/C9H19NO/c1-8(2)10-6-4-9(11-3)5-7-10/h8-9H,4-7H2,1-3H3. The van der Waals surface area contributed by atoms with Crippen molar-refractivity contribution in [1.29, 1.82) is 0 Å². The number of nitrogens with zero attached hydrogens (tertiary/aromatic N) is 1. The Morgan fingerprint density at radius 3 is 2.18 bits per heavy atom. The molecule has 0 aromatic rings. The first-order chi connectivity index (χ1) is 5.24. The van der Waals surface area contributed by atoms with Crippen LogP contribution < -0.4 is 0 Å². The van der Waals surface area contributed by atoms with Crippen molar-refractivity contribution < 1.29 is 4.74 Å². The van der Waals surface area contributed by atoms with Crippen LogP contribution in [0.5, 0.6) is 0 Å². The Labute approximate surface area is 69.5 Å². The van der Waals surface area contributed by atoms with Gasteiger partial charge in [-0.25, -0.2) is 0 Å². The van der Waals surface area contributed by atoms with Crippen molar-refractivity contribution in [2.45, 2.75) is 38.8 Å². The molecule has 2 nitrogen and oxygen atoms in total. The van der Waals surface area contributed by atoms with E-state index in [1.54, 1.807) is 0 Å². The Morgan fingerprint density at radius 1 is 1.27 bits per heavy atom. The van der Waals surface area contributed by atoms with Gasteiger partial charge in [0.05, 0.1) is 6.10 Å². The van der Waals surface area contributed by atoms with Gasteiger partial charge < -0.3 is 9.64 Å². The van der Waals surface area contributed by atoms with Crippen molar-refractivity contribution in [2.75, 3.05) is 20.2 Å². The van der Waals surface area contributed by atoms with E-state index >= 15 is 0 Å². The van der Waals surface area contributed by atoms with Crippen LogP contribution in [0.1, 0.15) is 26.7 Å². The zero-order valence-electron chi connectivity index (χ0n) is 7.84. The molecule has 1 saturated heterocycles. The highest BCUT2D eigenvalue weighted by Crippen LogP contribution is 2.14. The largest absolute Gasteiger partial charge is 0.381 e. The molecule has 0 N–H and O–H groups in total. The number of ether oxygens (including phenoxy) is 1. The van der Waals surface area contributed by atoms with Gasteiger partial charge in [0.2, 0.25) is 0 Å². The average molecular weight is 157 g/mol. The molecule has 1 aliphatic rings. The van der Waals surface area contributed by atoms with Gasteiger partial charge in [0, 0.05) is 26.2 Å². The highest BCUT2D eigenvalue weighted by molar-refractivity contribution is 4.74. The first-order valence-electron chi connectivity index (χ1n) is 4.51. The second kappa shape index (κ2) is 4.07. The van der Waals surface area contributed by atoms with Crippen molar-refractivity contribution in [3.63, 3.8) is 0 Å². The third-order valence-electron chi connectivity index (χ3n) is 2.54. The monoisotopic (exact) mass is 157 g/mol. The third-order valence-corrected chi connectivity index (χ3v) is 2.54. The predicted molar refractivity (Wildman–Crippen MR) is 46.7 cm³/mol. The van der Waals surface area contributed by atoms with Crippen LogP contribution in [0.3, 0.4) is 0 Å². The van der Waals surface area contributed by atoms with Gasteiger partial charge in [0.1, 0.15) is 0 Å². The molecule has 0 aliphatic carbocycles. The molecule has 1 rings (SSSR count). The van der Waals surface area contributed by atoms with E-state index in [1.165, 1.54) is 25.9 Å². The normalized spacial score (nSPS) is 22.9. The molecule has 66 valence electrons. The Hall–Kier alpha value is -0.0800. The summed E-state index contributed by atoms with van der Waals surface area (Å²) in [6.45, 7) is 6.92. The molecular weight excluding hydrogens is 138 g/mol. The number of likely N-dealkylation sites (tertiary alicyclic amines) is 1. The van der Waals surface area contributed by atoms with Gasteiger partial charge >= 0.3 is 0 Å². The molecule has 1 heterocycles. The molecule has 0 amide bonds. The first kappa shape index (κ1) is 9.01. The van der Waals surface area contributed by atoms with E-state index in [1.807, 2.05) is 7.11 Å². The first-order valence-corrected chi connectivity index (χ1v) is 4.51. The lowest BCUT2D eigenvalue weighted by atomic mass is 10.1. The van der Waals surface area contributed by atoms with Gasteiger partial charge in [-0.15, -0.1) is 0 Å². The third kappa shape index (κ3) is 2.46. The smallest absolute Gasteiger partial charge is 0.0595 e. The summed E-state index contributed by atoms with van der Waals surface area (Å²) in [5, 5.41) is 0. The maximum atomic E-state index is 5.29. The number of rotatable bonds is 2. The van der Waals surface area contributed by atoms with Crippen LogP contribution in [0.2, 0.25) is 0 Å². The highest BCUT2D eigenvalue weighted by atomic mass is 16.5. The molecule has 1 fully saturated rings. The molecular formula is C9H19NO. The molecule has 0 unspecified atom stereocenters. The highest BCUT2D eigenvalue weighted by Gasteiger charge is 2.19. The van der Waals surface area contributed by atoms with Crippen LogP contribution in [0, 0.1) is 0 Å². The Kier molecular flexibility index (Phi) is 3.34. The number of methoxy groups -OCH3 is 1. The van der Waals surface area contributed by atoms with E-state index in [-0.39, 0.29) is 0 Å². The summed E-state index contributed by atoms with van der Waals surface area (Å²) in [6, 6.07) is 0.702. The molecule has 0 aromatic heterocycles. The second-order valence-electron chi connectivity index (χ2n) is 3.56. The molecule has 0 radical (unpaired) electrons. The molecule has 0 atom stereocenters. The maximum absolute atomic E-state index is 5.29. The summed E-state index contributed by atoms with van der Waals surface area (Å²) in [5.41, 5.74) is 0. The fraction of sp³-hybridized carbons (Fsp3) is 1.00. The van der Waals surface area contributed by atoms with Crippen LogP contribution in [-0.4, -0.2) is 37.2 Å². The van der Waals surface area contributed by atoms with Gasteiger partial charge in [-0.05, 0) is 26.7 Å². The molecule has 0 saturated carbocycles. The van der Waals surface area contributed by atoms with Crippen molar-refractivity contribution >= 4 is 0 Å². The van der Waals surface area contributed by atoms with E-state index in [2.05, 4.69) is 18.7 Å². The fourth-order valence-corrected chi connectivity index (χ4v) is 1.63. The van der Waals surface area contributed by atoms with Crippen LogP contribution >= 0.6 is 0 Å². The van der Waals surface area contributed by atoms with E-state index in [0.29, 0.717) is 12.1 Å². The number of piperidine rings is 1. The zero-order valence-corrected chi connectivity index (χ0v) is 7.84. The SMILES string of the molecule is COC1CCN(C(C)C)CC1. The maximum Gasteiger partial charge on any atom is 0.0595 e. The van der Waals surface area contributed by atoms with Crippen molar-refractivity contribution in [3.8, 4) is 0 Å². The quantitative estimate of drug-likeness (QED) is 0.602. The molecule has 2 heteroatoms. The summed E-state index contributed by atoms with van der Waals surface area (Å²) in [4.78, 5) is 2.51. The Bertz CT molecular complexity index is 106. The van der Waals surface area contributed by atoms with Crippen LogP contribution in [0.4, 0.5) is 0 Å². The summed E-state index contributed by atoms with van der Waals surface area (Å²) < 4.78 is 5.29. The van der Waals surface area contributed by atoms with Gasteiger partial charge in [0.15, 0.2) is 0 Å². The Balaban J connectivity index is 2.24. The minimum atomic E-state index is 0.519. The minimum absolute atomic E-state index is 0.519. The topological polar surface area (TPSA) is 12.5 Å². The van der Waals surface area contributed by atoms with Crippen molar-refractivity contribution in [2.24, 2.45) is 0 Å². The summed E-state index contributed by atoms with van der Waals surface area (Å²) in [6.07, 6.45) is 2.92. The number of hydrogen-bond acceptors (Lipinski definition) is 2. The van der Waals surface area contributed by atoms with Crippen LogP contribution in [0.25, 0.3) is 0 Å². The lowest BCUT2D eigenvalue weighted by Crippen LogP contribution is -2.40.